The number of halogens is 1. The normalized spacial score (nSPS) is 14.5. The van der Waals surface area contributed by atoms with E-state index >= 15 is 0 Å². The molecule has 0 radical (unpaired) electrons. The highest BCUT2D eigenvalue weighted by molar-refractivity contribution is 9.10. The van der Waals surface area contributed by atoms with Gasteiger partial charge in [0.1, 0.15) is 18.1 Å². The number of thiazole rings is 1. The smallest absolute Gasteiger partial charge is 0.338 e. The van der Waals surface area contributed by atoms with Gasteiger partial charge in [-0.1, -0.05) is 47.7 Å². The Morgan fingerprint density at radius 1 is 1.17 bits per heavy atom. The summed E-state index contributed by atoms with van der Waals surface area (Å²) in [6, 6.07) is 21.6. The predicted molar refractivity (Wildman–Crippen MR) is 163 cm³/mol. The van der Waals surface area contributed by atoms with E-state index in [4.69, 9.17) is 14.2 Å². The van der Waals surface area contributed by atoms with Gasteiger partial charge in [-0.15, -0.1) is 0 Å². The Morgan fingerprint density at radius 3 is 2.71 bits per heavy atom. The molecule has 1 aromatic heterocycles. The second kappa shape index (κ2) is 12.6. The molecule has 1 atom stereocenters. The highest BCUT2D eigenvalue weighted by Crippen LogP contribution is 2.32. The fourth-order valence-electron chi connectivity index (χ4n) is 4.70. The minimum atomic E-state index is -0.726. The Morgan fingerprint density at radius 2 is 1.98 bits per heavy atom. The van der Waals surface area contributed by atoms with E-state index in [1.807, 2.05) is 54.6 Å². The number of nitriles is 1. The van der Waals surface area contributed by atoms with Gasteiger partial charge >= 0.3 is 5.97 Å². The zero-order valence-corrected chi connectivity index (χ0v) is 25.5. The Kier molecular flexibility index (Phi) is 8.71. The molecule has 8 nitrogen and oxygen atoms in total. The molecule has 3 aromatic carbocycles. The summed E-state index contributed by atoms with van der Waals surface area (Å²) < 4.78 is 19.4. The number of allylic oxidation sites excluding steroid dienone is 1. The van der Waals surface area contributed by atoms with Crippen LogP contribution in [0.25, 0.3) is 6.08 Å². The summed E-state index contributed by atoms with van der Waals surface area (Å²) in [7, 11) is 1.57. The minimum absolute atomic E-state index is 0.199. The zero-order chi connectivity index (χ0) is 29.8. The van der Waals surface area contributed by atoms with Crippen LogP contribution < -0.4 is 24.4 Å². The van der Waals surface area contributed by atoms with E-state index in [1.165, 1.54) is 11.3 Å². The lowest BCUT2D eigenvalue weighted by molar-refractivity contribution is -0.139. The summed E-state index contributed by atoms with van der Waals surface area (Å²) >= 11 is 4.82. The Hall–Kier alpha value is -4.46. The van der Waals surface area contributed by atoms with Crippen molar-refractivity contribution < 1.29 is 19.0 Å². The summed E-state index contributed by atoms with van der Waals surface area (Å²) in [5.74, 6) is 0.697. The highest BCUT2D eigenvalue weighted by atomic mass is 79.9. The first-order chi connectivity index (χ1) is 20.3. The maximum absolute atomic E-state index is 13.9. The van der Waals surface area contributed by atoms with Gasteiger partial charge in [0.05, 0.1) is 51.7 Å². The van der Waals surface area contributed by atoms with Crippen molar-refractivity contribution in [2.75, 3.05) is 13.7 Å². The van der Waals surface area contributed by atoms with E-state index in [1.54, 1.807) is 43.7 Å². The summed E-state index contributed by atoms with van der Waals surface area (Å²) in [5.41, 5.74) is 3.38. The third-order valence-electron chi connectivity index (χ3n) is 6.70. The average molecular weight is 645 g/mol. The van der Waals surface area contributed by atoms with Crippen LogP contribution in [0, 0.1) is 11.3 Å². The van der Waals surface area contributed by atoms with E-state index in [-0.39, 0.29) is 18.8 Å². The lowest BCUT2D eigenvalue weighted by Crippen LogP contribution is -2.39. The van der Waals surface area contributed by atoms with E-state index in [2.05, 4.69) is 27.0 Å². The minimum Gasteiger partial charge on any atom is -0.497 e. The summed E-state index contributed by atoms with van der Waals surface area (Å²) in [5, 5.41) is 9.33. The number of fused-ring (bicyclic) bond motifs is 1. The molecule has 0 bridgehead atoms. The SMILES string of the molecule is CCOC(=O)C1=C(C)N=c2s/c(=C/c3ccc(OCc4ccccc4C#N)c(Br)c3)c(=O)n2[C@@H]1c1cccc(OC)c1. The summed E-state index contributed by atoms with van der Waals surface area (Å²) in [4.78, 5) is 32.1. The first-order valence-electron chi connectivity index (χ1n) is 13.1. The maximum atomic E-state index is 13.9. The molecule has 0 spiro atoms. The highest BCUT2D eigenvalue weighted by Gasteiger charge is 2.33. The molecule has 4 aromatic rings. The van der Waals surface area contributed by atoms with Crippen molar-refractivity contribution in [1.82, 2.24) is 4.57 Å². The van der Waals surface area contributed by atoms with Gasteiger partial charge < -0.3 is 14.2 Å². The molecule has 2 heterocycles. The third-order valence-corrected chi connectivity index (χ3v) is 8.30. The molecular formula is C32H26BrN3O5S. The fraction of sp³-hybridized carbons (Fsp3) is 0.188. The van der Waals surface area contributed by atoms with Gasteiger partial charge in [-0.05, 0) is 77.3 Å². The van der Waals surface area contributed by atoms with E-state index < -0.39 is 12.0 Å². The quantitative estimate of drug-likeness (QED) is 0.250. The van der Waals surface area contributed by atoms with Crippen molar-refractivity contribution in [3.8, 4) is 17.6 Å². The van der Waals surface area contributed by atoms with Crippen LogP contribution in [0.3, 0.4) is 0 Å². The second-order valence-electron chi connectivity index (χ2n) is 9.33. The van der Waals surface area contributed by atoms with Crippen molar-refractivity contribution in [2.45, 2.75) is 26.5 Å². The van der Waals surface area contributed by atoms with Crippen molar-refractivity contribution in [3.05, 3.63) is 124 Å². The molecule has 0 aliphatic carbocycles. The number of hydrogen-bond acceptors (Lipinski definition) is 8. The number of carbonyl (C=O) groups is 1. The largest absolute Gasteiger partial charge is 0.497 e. The van der Waals surface area contributed by atoms with Crippen LogP contribution in [0.2, 0.25) is 0 Å². The zero-order valence-electron chi connectivity index (χ0n) is 23.1. The van der Waals surface area contributed by atoms with E-state index in [0.717, 1.165) is 11.1 Å². The molecule has 1 aliphatic heterocycles. The molecule has 0 saturated carbocycles. The van der Waals surface area contributed by atoms with E-state index in [0.29, 0.717) is 47.7 Å². The molecule has 42 heavy (non-hydrogen) atoms. The molecule has 0 amide bonds. The van der Waals surface area contributed by atoms with Crippen LogP contribution in [0.15, 0.2) is 92.3 Å². The average Bonchev–Trinajstić information content (AvgIpc) is 3.29. The molecule has 5 rings (SSSR count). The number of carbonyl (C=O) groups excluding carboxylic acids is 1. The summed E-state index contributed by atoms with van der Waals surface area (Å²) in [6.45, 7) is 3.93. The molecular weight excluding hydrogens is 618 g/mol. The lowest BCUT2D eigenvalue weighted by atomic mass is 9.95. The van der Waals surface area contributed by atoms with Crippen molar-refractivity contribution in [1.29, 1.82) is 5.26 Å². The number of rotatable bonds is 8. The topological polar surface area (TPSA) is 103 Å². The van der Waals surface area contributed by atoms with Crippen molar-refractivity contribution >= 4 is 39.3 Å². The van der Waals surface area contributed by atoms with Gasteiger partial charge in [-0.3, -0.25) is 9.36 Å². The standard InChI is InChI=1S/C32H26BrN3O5S/c1-4-40-31(38)28-19(2)35-32-36(29(28)21-10-7-11-24(16-21)39-3)30(37)27(42-32)15-20-12-13-26(25(33)14-20)41-18-23-9-6-5-8-22(23)17-34/h5-16,29H,4,18H2,1-3H3/b27-15+/t29-/m1/s1. The van der Waals surface area contributed by atoms with Gasteiger partial charge in [0.15, 0.2) is 4.80 Å². The second-order valence-corrected chi connectivity index (χ2v) is 11.2. The van der Waals surface area contributed by atoms with Crippen LogP contribution in [0.4, 0.5) is 0 Å². The van der Waals surface area contributed by atoms with Crippen molar-refractivity contribution in [2.24, 2.45) is 4.99 Å². The first kappa shape index (κ1) is 29.0. The number of benzene rings is 3. The Balaban J connectivity index is 1.53. The summed E-state index contributed by atoms with van der Waals surface area (Å²) in [6.07, 6.45) is 1.79. The predicted octanol–water partition coefficient (Wildman–Crippen LogP) is 5.02. The number of methoxy groups -OCH3 is 1. The van der Waals surface area contributed by atoms with Gasteiger partial charge in [-0.2, -0.15) is 5.26 Å². The van der Waals surface area contributed by atoms with Gasteiger partial charge in [0, 0.05) is 5.56 Å². The lowest BCUT2D eigenvalue weighted by Gasteiger charge is -2.25. The molecule has 212 valence electrons. The van der Waals surface area contributed by atoms with Crippen molar-refractivity contribution in [3.63, 3.8) is 0 Å². The monoisotopic (exact) mass is 643 g/mol. The molecule has 0 N–H and O–H groups in total. The number of aromatic nitrogens is 1. The fourth-order valence-corrected chi connectivity index (χ4v) is 6.26. The van der Waals surface area contributed by atoms with Gasteiger partial charge in [-0.25, -0.2) is 9.79 Å². The number of hydrogen-bond donors (Lipinski definition) is 0. The van der Waals surface area contributed by atoms with Crippen LogP contribution in [-0.4, -0.2) is 24.3 Å². The maximum Gasteiger partial charge on any atom is 0.338 e. The Bertz CT molecular complexity index is 1940. The number of nitrogens with zero attached hydrogens (tertiary/aromatic N) is 3. The van der Waals surface area contributed by atoms with Crippen LogP contribution in [-0.2, 0) is 16.1 Å². The van der Waals surface area contributed by atoms with Crippen LogP contribution >= 0.6 is 27.3 Å². The van der Waals surface area contributed by atoms with Gasteiger partial charge in [0.25, 0.3) is 5.56 Å². The van der Waals surface area contributed by atoms with E-state index in [9.17, 15) is 14.9 Å². The molecule has 0 saturated heterocycles. The molecule has 0 fully saturated rings. The molecule has 1 aliphatic rings. The third kappa shape index (κ3) is 5.79. The van der Waals surface area contributed by atoms with Gasteiger partial charge in [0.2, 0.25) is 0 Å². The number of ether oxygens (including phenoxy) is 3. The number of esters is 1. The molecule has 10 heteroatoms. The Labute approximate surface area is 254 Å². The van der Waals surface area contributed by atoms with Crippen LogP contribution in [0.1, 0.15) is 42.1 Å². The first-order valence-corrected chi connectivity index (χ1v) is 14.7. The molecule has 0 unspecified atom stereocenters. The van der Waals surface area contributed by atoms with Crippen LogP contribution in [0.5, 0.6) is 11.5 Å².